The summed E-state index contributed by atoms with van der Waals surface area (Å²) in [5.41, 5.74) is 0. The zero-order valence-electron chi connectivity index (χ0n) is 7.43. The Kier molecular flexibility index (Phi) is 5.83. The molecule has 0 rings (SSSR count). The smallest absolute Gasteiger partial charge is 0.234 e. The van der Waals surface area contributed by atoms with Gasteiger partial charge in [0.1, 0.15) is 0 Å². The first-order chi connectivity index (χ1) is 5.59. The van der Waals surface area contributed by atoms with Crippen LogP contribution in [0.1, 0.15) is 20.3 Å². The highest BCUT2D eigenvalue weighted by Gasteiger charge is 2.17. The van der Waals surface area contributed by atoms with Gasteiger partial charge in [0.25, 0.3) is 0 Å². The average molecular weight is 232 g/mol. The molecule has 68 valence electrons. The third kappa shape index (κ3) is 4.40. The lowest BCUT2D eigenvalue weighted by Crippen LogP contribution is -2.34. The lowest BCUT2D eigenvalue weighted by Gasteiger charge is -2.12. The first kappa shape index (κ1) is 11.5. The molecule has 0 bridgehead atoms. The van der Waals surface area contributed by atoms with E-state index in [1.807, 2.05) is 13.8 Å². The minimum atomic E-state index is -0.115. The third-order valence-corrected chi connectivity index (χ3v) is 2.88. The van der Waals surface area contributed by atoms with Crippen LogP contribution in [0.5, 0.6) is 0 Å². The van der Waals surface area contributed by atoms with Crippen molar-refractivity contribution in [3.63, 3.8) is 0 Å². The van der Waals surface area contributed by atoms with Crippen molar-refractivity contribution in [2.45, 2.75) is 25.1 Å². The Labute approximate surface area is 82.2 Å². The molecule has 1 amide bonds. The molecule has 0 aliphatic rings. The lowest BCUT2D eigenvalue weighted by molar-refractivity contribution is -0.121. The summed E-state index contributed by atoms with van der Waals surface area (Å²) in [4.78, 5) is 11.1. The zero-order valence-corrected chi connectivity index (χ0v) is 9.02. The third-order valence-electron chi connectivity index (χ3n) is 1.40. The van der Waals surface area contributed by atoms with Crippen molar-refractivity contribution in [2.75, 3.05) is 6.54 Å². The number of alkyl halides is 1. The fraction of sp³-hybridized carbons (Fsp3) is 0.667. The van der Waals surface area contributed by atoms with E-state index in [4.69, 9.17) is 6.42 Å². The minimum Gasteiger partial charge on any atom is -0.354 e. The number of rotatable bonds is 4. The molecule has 3 heteroatoms. The summed E-state index contributed by atoms with van der Waals surface area (Å²) >= 11 is 3.30. The minimum absolute atomic E-state index is 0.0141. The number of carbonyl (C=O) groups is 1. The Morgan fingerprint density at radius 3 is 2.67 bits per heavy atom. The van der Waals surface area contributed by atoms with E-state index < -0.39 is 0 Å². The van der Waals surface area contributed by atoms with Crippen molar-refractivity contribution in [2.24, 2.45) is 5.92 Å². The Hall–Kier alpha value is -0.490. The van der Waals surface area contributed by atoms with Crippen LogP contribution in [0.15, 0.2) is 0 Å². The number of hydrogen-bond donors (Lipinski definition) is 1. The van der Waals surface area contributed by atoms with Crippen LogP contribution >= 0.6 is 15.9 Å². The summed E-state index contributed by atoms with van der Waals surface area (Å²) in [6.45, 7) is 4.53. The number of nitrogens with one attached hydrogen (secondary N) is 1. The van der Waals surface area contributed by atoms with Crippen LogP contribution in [0, 0.1) is 18.3 Å². The standard InChI is InChI=1S/C9H14BrNO/c1-4-5-6-11-9(12)8(10)7(2)3/h1,7-8H,5-6H2,2-3H3,(H,11,12). The highest BCUT2D eigenvalue weighted by atomic mass is 79.9. The first-order valence-electron chi connectivity index (χ1n) is 3.94. The molecule has 0 aromatic carbocycles. The maximum Gasteiger partial charge on any atom is 0.234 e. The van der Waals surface area contributed by atoms with E-state index in [1.54, 1.807) is 0 Å². The average Bonchev–Trinajstić information content (AvgIpc) is 2.03. The van der Waals surface area contributed by atoms with Gasteiger partial charge in [0.05, 0.1) is 4.83 Å². The monoisotopic (exact) mass is 231 g/mol. The molecule has 1 N–H and O–H groups in total. The molecule has 12 heavy (non-hydrogen) atoms. The quantitative estimate of drug-likeness (QED) is 0.444. The fourth-order valence-corrected chi connectivity index (χ4v) is 0.820. The summed E-state index contributed by atoms with van der Waals surface area (Å²) in [6.07, 6.45) is 5.62. The van der Waals surface area contributed by atoms with E-state index in [-0.39, 0.29) is 10.7 Å². The van der Waals surface area contributed by atoms with Crippen LogP contribution in [-0.2, 0) is 4.79 Å². The molecule has 0 heterocycles. The topological polar surface area (TPSA) is 29.1 Å². The van der Waals surface area contributed by atoms with Crippen LogP contribution in [-0.4, -0.2) is 17.3 Å². The van der Waals surface area contributed by atoms with Gasteiger partial charge < -0.3 is 5.32 Å². The molecule has 0 aromatic rings. The van der Waals surface area contributed by atoms with Gasteiger partial charge in [-0.3, -0.25) is 4.79 Å². The number of amides is 1. The molecule has 0 fully saturated rings. The summed E-state index contributed by atoms with van der Waals surface area (Å²) < 4.78 is 0. The van der Waals surface area contributed by atoms with Gasteiger partial charge in [-0.2, -0.15) is 0 Å². The van der Waals surface area contributed by atoms with Crippen LogP contribution < -0.4 is 5.32 Å². The van der Waals surface area contributed by atoms with Crippen LogP contribution in [0.2, 0.25) is 0 Å². The number of carbonyl (C=O) groups excluding carboxylic acids is 1. The Bertz CT molecular complexity index is 183. The predicted molar refractivity (Wildman–Crippen MR) is 54.0 cm³/mol. The van der Waals surface area contributed by atoms with E-state index in [9.17, 15) is 4.79 Å². The van der Waals surface area contributed by atoms with Crippen molar-refractivity contribution in [3.8, 4) is 12.3 Å². The molecule has 1 unspecified atom stereocenters. The van der Waals surface area contributed by atoms with Crippen molar-refractivity contribution in [1.82, 2.24) is 5.32 Å². The lowest BCUT2D eigenvalue weighted by atomic mass is 10.1. The Balaban J connectivity index is 3.66. The van der Waals surface area contributed by atoms with E-state index in [2.05, 4.69) is 27.2 Å². The molecule has 0 aliphatic heterocycles. The van der Waals surface area contributed by atoms with Crippen molar-refractivity contribution < 1.29 is 4.79 Å². The second-order valence-electron chi connectivity index (χ2n) is 2.89. The Morgan fingerprint density at radius 2 is 2.25 bits per heavy atom. The highest BCUT2D eigenvalue weighted by Crippen LogP contribution is 2.11. The van der Waals surface area contributed by atoms with E-state index in [1.165, 1.54) is 0 Å². The maximum atomic E-state index is 11.2. The molecule has 0 aliphatic carbocycles. The van der Waals surface area contributed by atoms with Gasteiger partial charge in [0, 0.05) is 13.0 Å². The Morgan fingerprint density at radius 1 is 1.67 bits per heavy atom. The molecule has 0 saturated carbocycles. The zero-order chi connectivity index (χ0) is 9.56. The van der Waals surface area contributed by atoms with Crippen LogP contribution in [0.3, 0.4) is 0 Å². The second-order valence-corrected chi connectivity index (χ2v) is 3.88. The summed E-state index contributed by atoms with van der Waals surface area (Å²) in [7, 11) is 0. The predicted octanol–water partition coefficient (Wildman–Crippen LogP) is 1.55. The molecule has 0 spiro atoms. The van der Waals surface area contributed by atoms with Crippen LogP contribution in [0.25, 0.3) is 0 Å². The normalized spacial score (nSPS) is 12.2. The summed E-state index contributed by atoms with van der Waals surface area (Å²) in [5.74, 6) is 2.78. The van der Waals surface area contributed by atoms with Crippen LogP contribution in [0.4, 0.5) is 0 Å². The van der Waals surface area contributed by atoms with E-state index in [0.29, 0.717) is 18.9 Å². The molecule has 0 aromatic heterocycles. The van der Waals surface area contributed by atoms with Gasteiger partial charge in [-0.15, -0.1) is 12.3 Å². The maximum absolute atomic E-state index is 11.2. The molecular weight excluding hydrogens is 218 g/mol. The van der Waals surface area contributed by atoms with Gasteiger partial charge in [0.15, 0.2) is 0 Å². The van der Waals surface area contributed by atoms with Gasteiger partial charge in [0.2, 0.25) is 5.91 Å². The molecule has 0 radical (unpaired) electrons. The summed E-state index contributed by atoms with van der Waals surface area (Å²) in [5, 5.41) is 2.74. The number of hydrogen-bond acceptors (Lipinski definition) is 1. The first-order valence-corrected chi connectivity index (χ1v) is 4.86. The van der Waals surface area contributed by atoms with Gasteiger partial charge >= 0.3 is 0 Å². The van der Waals surface area contributed by atoms with Gasteiger partial charge in [-0.25, -0.2) is 0 Å². The molecule has 1 atom stereocenters. The molecular formula is C9H14BrNO. The van der Waals surface area contributed by atoms with E-state index in [0.717, 1.165) is 0 Å². The van der Waals surface area contributed by atoms with E-state index >= 15 is 0 Å². The SMILES string of the molecule is C#CCCNC(=O)C(Br)C(C)C. The van der Waals surface area contributed by atoms with Crippen molar-refractivity contribution in [3.05, 3.63) is 0 Å². The van der Waals surface area contributed by atoms with Crippen molar-refractivity contribution >= 4 is 21.8 Å². The number of terminal acetylenes is 1. The number of halogens is 1. The second kappa shape index (κ2) is 6.07. The fourth-order valence-electron chi connectivity index (χ4n) is 0.658. The van der Waals surface area contributed by atoms with Crippen molar-refractivity contribution in [1.29, 1.82) is 0 Å². The highest BCUT2D eigenvalue weighted by molar-refractivity contribution is 9.10. The largest absolute Gasteiger partial charge is 0.354 e. The molecule has 2 nitrogen and oxygen atoms in total. The summed E-state index contributed by atoms with van der Waals surface area (Å²) in [6, 6.07) is 0. The molecule has 0 saturated heterocycles. The van der Waals surface area contributed by atoms with Gasteiger partial charge in [-0.05, 0) is 5.92 Å². The van der Waals surface area contributed by atoms with Gasteiger partial charge in [-0.1, -0.05) is 29.8 Å².